The standard InChI is InChI=1S/C22H16FN3OS/c23-18-11-13-19(14-12-18)26-21(17-9-5-2-6-10-17)24-25-22(26)28-15-20(27)16-7-3-1-4-8-16/h1-14H,15H2. The van der Waals surface area contributed by atoms with Crippen LogP contribution in [0.2, 0.25) is 0 Å². The second-order valence-electron chi connectivity index (χ2n) is 6.06. The van der Waals surface area contributed by atoms with E-state index in [1.807, 2.05) is 53.1 Å². The van der Waals surface area contributed by atoms with Crippen molar-refractivity contribution in [1.29, 1.82) is 0 Å². The van der Waals surface area contributed by atoms with Gasteiger partial charge in [-0.25, -0.2) is 4.39 Å². The Hall–Kier alpha value is -3.25. The largest absolute Gasteiger partial charge is 0.293 e. The van der Waals surface area contributed by atoms with Crippen molar-refractivity contribution in [2.24, 2.45) is 0 Å². The van der Waals surface area contributed by atoms with Crippen LogP contribution in [0.25, 0.3) is 17.1 Å². The number of ketones is 1. The number of Topliss-reactive ketones (excluding diaryl/α,β-unsaturated/α-hetero) is 1. The highest BCUT2D eigenvalue weighted by Gasteiger charge is 2.17. The van der Waals surface area contributed by atoms with Gasteiger partial charge in [0, 0.05) is 16.8 Å². The van der Waals surface area contributed by atoms with Gasteiger partial charge in [-0.1, -0.05) is 72.4 Å². The van der Waals surface area contributed by atoms with Gasteiger partial charge in [0.25, 0.3) is 0 Å². The fourth-order valence-electron chi connectivity index (χ4n) is 2.80. The Balaban J connectivity index is 1.68. The molecule has 6 heteroatoms. The Labute approximate surface area is 166 Å². The van der Waals surface area contributed by atoms with Crippen LogP contribution in [0.3, 0.4) is 0 Å². The van der Waals surface area contributed by atoms with Gasteiger partial charge in [-0.05, 0) is 24.3 Å². The number of benzene rings is 3. The first-order chi connectivity index (χ1) is 13.7. The molecule has 0 N–H and O–H groups in total. The normalized spacial score (nSPS) is 10.8. The Morgan fingerprint density at radius 3 is 2.18 bits per heavy atom. The molecule has 0 saturated carbocycles. The van der Waals surface area contributed by atoms with E-state index in [1.54, 1.807) is 24.3 Å². The third-order valence-corrected chi connectivity index (χ3v) is 5.11. The number of hydrogen-bond acceptors (Lipinski definition) is 4. The summed E-state index contributed by atoms with van der Waals surface area (Å²) in [7, 11) is 0. The Morgan fingerprint density at radius 1 is 0.857 bits per heavy atom. The molecule has 138 valence electrons. The van der Waals surface area contributed by atoms with Gasteiger partial charge in [0.05, 0.1) is 5.75 Å². The number of carbonyl (C=O) groups excluding carboxylic acids is 1. The first-order valence-corrected chi connectivity index (χ1v) is 9.69. The fraction of sp³-hybridized carbons (Fsp3) is 0.0455. The van der Waals surface area contributed by atoms with Crippen LogP contribution in [0.4, 0.5) is 4.39 Å². The molecule has 0 amide bonds. The molecule has 1 aromatic heterocycles. The molecule has 0 bridgehead atoms. The second kappa shape index (κ2) is 8.19. The first kappa shape index (κ1) is 18.1. The van der Waals surface area contributed by atoms with Crippen molar-refractivity contribution in [3.05, 3.63) is 96.3 Å². The van der Waals surface area contributed by atoms with E-state index >= 15 is 0 Å². The van der Waals surface area contributed by atoms with Crippen LogP contribution >= 0.6 is 11.8 Å². The summed E-state index contributed by atoms with van der Waals surface area (Å²) in [4.78, 5) is 12.5. The summed E-state index contributed by atoms with van der Waals surface area (Å²) >= 11 is 1.31. The van der Waals surface area contributed by atoms with Gasteiger partial charge in [-0.2, -0.15) is 0 Å². The van der Waals surface area contributed by atoms with Crippen molar-refractivity contribution in [2.75, 3.05) is 5.75 Å². The van der Waals surface area contributed by atoms with Crippen LogP contribution in [0.15, 0.2) is 90.1 Å². The van der Waals surface area contributed by atoms with Gasteiger partial charge in [-0.15, -0.1) is 10.2 Å². The quantitative estimate of drug-likeness (QED) is 0.342. The third-order valence-electron chi connectivity index (χ3n) is 4.18. The van der Waals surface area contributed by atoms with Gasteiger partial charge in [0.2, 0.25) is 0 Å². The number of carbonyl (C=O) groups is 1. The van der Waals surface area contributed by atoms with Crippen molar-refractivity contribution in [2.45, 2.75) is 5.16 Å². The lowest BCUT2D eigenvalue weighted by Gasteiger charge is -2.10. The van der Waals surface area contributed by atoms with Crippen molar-refractivity contribution < 1.29 is 9.18 Å². The fourth-order valence-corrected chi connectivity index (χ4v) is 3.64. The zero-order valence-electron chi connectivity index (χ0n) is 14.8. The SMILES string of the molecule is O=C(CSc1nnc(-c2ccccc2)n1-c1ccc(F)cc1)c1ccccc1. The minimum Gasteiger partial charge on any atom is -0.293 e. The van der Waals surface area contributed by atoms with E-state index in [4.69, 9.17) is 0 Å². The number of hydrogen-bond donors (Lipinski definition) is 0. The van der Waals surface area contributed by atoms with E-state index in [2.05, 4.69) is 10.2 Å². The molecule has 0 aliphatic heterocycles. The van der Waals surface area contributed by atoms with Crippen molar-refractivity contribution in [1.82, 2.24) is 14.8 Å². The van der Waals surface area contributed by atoms with Gasteiger partial charge in [-0.3, -0.25) is 9.36 Å². The molecule has 0 unspecified atom stereocenters. The number of halogens is 1. The van der Waals surface area contributed by atoms with Crippen LogP contribution in [-0.2, 0) is 0 Å². The minimum absolute atomic E-state index is 0.0144. The average molecular weight is 389 g/mol. The zero-order chi connectivity index (χ0) is 19.3. The molecular formula is C22H16FN3OS. The molecule has 3 aromatic carbocycles. The summed E-state index contributed by atoms with van der Waals surface area (Å²) < 4.78 is 15.2. The highest BCUT2D eigenvalue weighted by atomic mass is 32.2. The number of aromatic nitrogens is 3. The summed E-state index contributed by atoms with van der Waals surface area (Å²) in [5, 5.41) is 9.19. The molecule has 28 heavy (non-hydrogen) atoms. The molecule has 4 rings (SSSR count). The van der Waals surface area contributed by atoms with E-state index < -0.39 is 0 Å². The van der Waals surface area contributed by atoms with Crippen LogP contribution in [0.5, 0.6) is 0 Å². The minimum atomic E-state index is -0.313. The molecule has 0 atom stereocenters. The number of nitrogens with zero attached hydrogens (tertiary/aromatic N) is 3. The molecule has 0 spiro atoms. The van der Waals surface area contributed by atoms with Crippen LogP contribution in [0, 0.1) is 5.82 Å². The predicted molar refractivity (Wildman–Crippen MR) is 108 cm³/mol. The molecule has 4 nitrogen and oxygen atoms in total. The first-order valence-electron chi connectivity index (χ1n) is 8.70. The maximum absolute atomic E-state index is 13.4. The van der Waals surface area contributed by atoms with Gasteiger partial charge >= 0.3 is 0 Å². The van der Waals surface area contributed by atoms with Crippen LogP contribution in [0.1, 0.15) is 10.4 Å². The summed E-state index contributed by atoms with van der Waals surface area (Å²) in [5.41, 5.74) is 2.28. The summed E-state index contributed by atoms with van der Waals surface area (Å²) in [6.45, 7) is 0. The van der Waals surface area contributed by atoms with E-state index in [1.165, 1.54) is 23.9 Å². The molecule has 4 aromatic rings. The topological polar surface area (TPSA) is 47.8 Å². The summed E-state index contributed by atoms with van der Waals surface area (Å²) in [6.07, 6.45) is 0. The van der Waals surface area contributed by atoms with Gasteiger partial charge < -0.3 is 0 Å². The third kappa shape index (κ3) is 3.87. The number of thioether (sulfide) groups is 1. The number of rotatable bonds is 6. The zero-order valence-corrected chi connectivity index (χ0v) is 15.6. The van der Waals surface area contributed by atoms with Gasteiger partial charge in [0.15, 0.2) is 16.8 Å². The predicted octanol–water partition coefficient (Wildman–Crippen LogP) is 5.05. The molecule has 0 aliphatic rings. The smallest absolute Gasteiger partial charge is 0.196 e. The molecule has 0 saturated heterocycles. The molecule has 0 fully saturated rings. The molecular weight excluding hydrogens is 373 g/mol. The second-order valence-corrected chi connectivity index (χ2v) is 7.00. The van der Waals surface area contributed by atoms with Crippen LogP contribution in [-0.4, -0.2) is 26.3 Å². The highest BCUT2D eigenvalue weighted by molar-refractivity contribution is 7.99. The van der Waals surface area contributed by atoms with Crippen molar-refractivity contribution in [3.8, 4) is 17.1 Å². The summed E-state index contributed by atoms with van der Waals surface area (Å²) in [5.74, 6) is 0.576. The monoisotopic (exact) mass is 389 g/mol. The lowest BCUT2D eigenvalue weighted by molar-refractivity contribution is 0.102. The van der Waals surface area contributed by atoms with E-state index in [-0.39, 0.29) is 17.4 Å². The molecule has 1 heterocycles. The molecule has 0 radical (unpaired) electrons. The van der Waals surface area contributed by atoms with Gasteiger partial charge in [0.1, 0.15) is 5.82 Å². The lowest BCUT2D eigenvalue weighted by Crippen LogP contribution is -2.05. The van der Waals surface area contributed by atoms with Crippen molar-refractivity contribution in [3.63, 3.8) is 0 Å². The maximum atomic E-state index is 13.4. The van der Waals surface area contributed by atoms with Crippen LogP contribution < -0.4 is 0 Å². The molecule has 0 aliphatic carbocycles. The Kier molecular flexibility index (Phi) is 5.30. The Bertz CT molecular complexity index is 1080. The van der Waals surface area contributed by atoms with E-state index in [0.717, 1.165) is 11.3 Å². The maximum Gasteiger partial charge on any atom is 0.196 e. The Morgan fingerprint density at radius 2 is 1.50 bits per heavy atom. The highest BCUT2D eigenvalue weighted by Crippen LogP contribution is 2.28. The van der Waals surface area contributed by atoms with E-state index in [0.29, 0.717) is 16.5 Å². The average Bonchev–Trinajstić information content (AvgIpc) is 3.18. The lowest BCUT2D eigenvalue weighted by atomic mass is 10.2. The summed E-state index contributed by atoms with van der Waals surface area (Å²) in [6, 6.07) is 24.9. The van der Waals surface area contributed by atoms with E-state index in [9.17, 15) is 9.18 Å². The van der Waals surface area contributed by atoms with Crippen molar-refractivity contribution >= 4 is 17.5 Å².